The van der Waals surface area contributed by atoms with Crippen LogP contribution in [-0.2, 0) is 0 Å². The maximum absolute atomic E-state index is 5.41. The quantitative estimate of drug-likeness (QED) is 0.331. The fraction of sp³-hybridized carbons (Fsp3) is 0.636. The third kappa shape index (κ3) is 3.43. The predicted octanol–water partition coefficient (Wildman–Crippen LogP) is 2.18. The molecule has 0 amide bonds. The van der Waals surface area contributed by atoms with Gasteiger partial charge < -0.3 is 10.7 Å². The summed E-state index contributed by atoms with van der Waals surface area (Å²) >= 11 is 3.54. The molecule has 0 saturated carbocycles. The van der Waals surface area contributed by atoms with Gasteiger partial charge in [-0.05, 0) is 31.8 Å². The average molecular weight is 285 g/mol. The first kappa shape index (κ1) is 13.8. The van der Waals surface area contributed by atoms with Crippen molar-refractivity contribution in [3.8, 4) is 0 Å². The summed E-state index contributed by atoms with van der Waals surface area (Å²) in [6.45, 7) is 3.23. The number of hydrazine groups is 1. The van der Waals surface area contributed by atoms with Gasteiger partial charge in [-0.15, -0.1) is 0 Å². The molecule has 18 heavy (non-hydrogen) atoms. The number of hydrogen-bond acceptors (Lipinski definition) is 7. The van der Waals surface area contributed by atoms with Crippen LogP contribution >= 0.6 is 23.5 Å². The van der Waals surface area contributed by atoms with Gasteiger partial charge in [-0.2, -0.15) is 11.8 Å². The van der Waals surface area contributed by atoms with Gasteiger partial charge in [0.1, 0.15) is 11.6 Å². The fourth-order valence-corrected chi connectivity index (χ4v) is 3.56. The van der Waals surface area contributed by atoms with E-state index in [1.165, 1.54) is 30.4 Å². The Balaban J connectivity index is 2.04. The zero-order valence-corrected chi connectivity index (χ0v) is 12.3. The molecule has 1 aliphatic heterocycles. The van der Waals surface area contributed by atoms with E-state index >= 15 is 0 Å². The summed E-state index contributed by atoms with van der Waals surface area (Å²) in [6, 6.07) is 1.84. The number of nitrogens with one attached hydrogen (secondary N) is 2. The van der Waals surface area contributed by atoms with Crippen molar-refractivity contribution in [3.05, 3.63) is 6.07 Å². The first-order chi connectivity index (χ1) is 8.65. The van der Waals surface area contributed by atoms with E-state index in [0.717, 1.165) is 17.5 Å². The first-order valence-corrected chi connectivity index (χ1v) is 8.14. The van der Waals surface area contributed by atoms with Gasteiger partial charge in [-0.25, -0.2) is 15.8 Å². The highest BCUT2D eigenvalue weighted by Gasteiger charge is 2.29. The van der Waals surface area contributed by atoms with E-state index in [1.54, 1.807) is 0 Å². The number of thioether (sulfide) groups is 2. The van der Waals surface area contributed by atoms with E-state index in [9.17, 15) is 0 Å². The topological polar surface area (TPSA) is 75.9 Å². The van der Waals surface area contributed by atoms with Gasteiger partial charge in [-0.1, -0.05) is 11.8 Å². The molecule has 1 saturated heterocycles. The molecule has 1 aromatic rings. The largest absolute Gasteiger partial charge is 0.368 e. The second-order valence-electron chi connectivity index (χ2n) is 4.52. The predicted molar refractivity (Wildman–Crippen MR) is 80.2 cm³/mol. The maximum atomic E-state index is 5.41. The van der Waals surface area contributed by atoms with Crippen LogP contribution in [-0.4, -0.2) is 33.3 Å². The van der Waals surface area contributed by atoms with Crippen molar-refractivity contribution < 1.29 is 0 Å². The molecule has 5 nitrogen and oxygen atoms in total. The van der Waals surface area contributed by atoms with E-state index in [1.807, 2.05) is 24.1 Å². The van der Waals surface area contributed by atoms with Gasteiger partial charge in [0, 0.05) is 17.4 Å². The van der Waals surface area contributed by atoms with Crippen molar-refractivity contribution in [2.24, 2.45) is 5.84 Å². The molecule has 0 aromatic carbocycles. The summed E-state index contributed by atoms with van der Waals surface area (Å²) in [6.07, 6.45) is 4.51. The van der Waals surface area contributed by atoms with Crippen molar-refractivity contribution >= 4 is 35.2 Å². The number of anilines is 2. The Morgan fingerprint density at radius 3 is 2.89 bits per heavy atom. The molecule has 0 aliphatic carbocycles. The SMILES string of the molecule is CSc1nc(NN)cc(NCC2(C)CCCS2)n1. The molecule has 0 radical (unpaired) electrons. The normalized spacial score (nSPS) is 23.1. The number of hydrogen-bond donors (Lipinski definition) is 3. The monoisotopic (exact) mass is 285 g/mol. The van der Waals surface area contributed by atoms with Crippen LogP contribution in [0, 0.1) is 0 Å². The van der Waals surface area contributed by atoms with E-state index in [0.29, 0.717) is 10.6 Å². The highest BCUT2D eigenvalue weighted by molar-refractivity contribution is 8.00. The lowest BCUT2D eigenvalue weighted by Gasteiger charge is -2.23. The minimum atomic E-state index is 0.320. The molecule has 1 aromatic heterocycles. The van der Waals surface area contributed by atoms with Gasteiger partial charge in [-0.3, -0.25) is 0 Å². The molecule has 7 heteroatoms. The summed E-state index contributed by atoms with van der Waals surface area (Å²) in [5.41, 5.74) is 2.57. The molecular formula is C11H19N5S2. The smallest absolute Gasteiger partial charge is 0.191 e. The minimum absolute atomic E-state index is 0.320. The number of aromatic nitrogens is 2. The maximum Gasteiger partial charge on any atom is 0.191 e. The number of nitrogen functional groups attached to an aromatic ring is 1. The zero-order chi connectivity index (χ0) is 13.0. The van der Waals surface area contributed by atoms with Crippen LogP contribution < -0.4 is 16.6 Å². The van der Waals surface area contributed by atoms with Gasteiger partial charge in [0.25, 0.3) is 0 Å². The number of nitrogens with two attached hydrogens (primary N) is 1. The molecule has 0 bridgehead atoms. The molecule has 4 N–H and O–H groups in total. The molecule has 1 aliphatic rings. The average Bonchev–Trinajstić information content (AvgIpc) is 2.83. The van der Waals surface area contributed by atoms with E-state index < -0.39 is 0 Å². The first-order valence-electron chi connectivity index (χ1n) is 5.93. The van der Waals surface area contributed by atoms with Gasteiger partial charge in [0.2, 0.25) is 0 Å². The van der Waals surface area contributed by atoms with Crippen molar-refractivity contribution in [1.29, 1.82) is 0 Å². The summed E-state index contributed by atoms with van der Waals surface area (Å²) in [7, 11) is 0. The zero-order valence-electron chi connectivity index (χ0n) is 10.7. The second kappa shape index (κ2) is 5.99. The van der Waals surface area contributed by atoms with Crippen LogP contribution in [0.1, 0.15) is 19.8 Å². The summed E-state index contributed by atoms with van der Waals surface area (Å²) in [5.74, 6) is 8.13. The lowest BCUT2D eigenvalue weighted by Crippen LogP contribution is -2.27. The Morgan fingerprint density at radius 1 is 1.50 bits per heavy atom. The molecule has 0 spiro atoms. The summed E-state index contributed by atoms with van der Waals surface area (Å²) in [4.78, 5) is 8.67. The molecule has 1 atom stereocenters. The van der Waals surface area contributed by atoms with Crippen molar-refractivity contribution in [3.63, 3.8) is 0 Å². The fourth-order valence-electron chi connectivity index (χ4n) is 1.93. The van der Waals surface area contributed by atoms with Crippen molar-refractivity contribution in [1.82, 2.24) is 9.97 Å². The van der Waals surface area contributed by atoms with Crippen LogP contribution in [0.2, 0.25) is 0 Å². The van der Waals surface area contributed by atoms with Crippen LogP contribution in [0.25, 0.3) is 0 Å². The molecule has 1 unspecified atom stereocenters. The van der Waals surface area contributed by atoms with Crippen LogP contribution in [0.4, 0.5) is 11.6 Å². The van der Waals surface area contributed by atoms with Crippen molar-refractivity contribution in [2.45, 2.75) is 29.7 Å². The van der Waals surface area contributed by atoms with Gasteiger partial charge in [0.05, 0.1) is 0 Å². The standard InChI is InChI=1S/C11H19N5S2/c1-11(4-3-5-18-11)7-13-8-6-9(16-12)15-10(14-8)17-2/h6H,3-5,7,12H2,1-2H3,(H2,13,14,15,16). The van der Waals surface area contributed by atoms with Crippen LogP contribution in [0.15, 0.2) is 11.2 Å². The third-order valence-electron chi connectivity index (χ3n) is 2.98. The number of rotatable bonds is 5. The lowest BCUT2D eigenvalue weighted by atomic mass is 10.1. The Kier molecular flexibility index (Phi) is 4.58. The van der Waals surface area contributed by atoms with Crippen LogP contribution in [0.3, 0.4) is 0 Å². The second-order valence-corrected chi connectivity index (χ2v) is 6.98. The third-order valence-corrected chi connectivity index (χ3v) is 5.07. The van der Waals surface area contributed by atoms with E-state index in [4.69, 9.17) is 5.84 Å². The molecular weight excluding hydrogens is 266 g/mol. The lowest BCUT2D eigenvalue weighted by molar-refractivity contribution is 0.633. The Labute approximate surface area is 116 Å². The Hall–Kier alpha value is -0.660. The highest BCUT2D eigenvalue weighted by Crippen LogP contribution is 2.37. The minimum Gasteiger partial charge on any atom is -0.368 e. The van der Waals surface area contributed by atoms with E-state index in [2.05, 4.69) is 27.6 Å². The number of nitrogens with zero attached hydrogens (tertiary/aromatic N) is 2. The van der Waals surface area contributed by atoms with E-state index in [-0.39, 0.29) is 0 Å². The molecule has 2 rings (SSSR count). The molecule has 100 valence electrons. The highest BCUT2D eigenvalue weighted by atomic mass is 32.2. The Morgan fingerprint density at radius 2 is 2.28 bits per heavy atom. The molecule has 2 heterocycles. The Bertz CT molecular complexity index is 384. The van der Waals surface area contributed by atoms with Gasteiger partial charge >= 0.3 is 0 Å². The summed E-state index contributed by atoms with van der Waals surface area (Å²) in [5, 5.41) is 4.12. The van der Waals surface area contributed by atoms with Crippen molar-refractivity contribution in [2.75, 3.05) is 29.3 Å². The van der Waals surface area contributed by atoms with Gasteiger partial charge in [0.15, 0.2) is 5.16 Å². The van der Waals surface area contributed by atoms with Crippen LogP contribution in [0.5, 0.6) is 0 Å². The molecule has 1 fully saturated rings. The summed E-state index contributed by atoms with van der Waals surface area (Å²) < 4.78 is 0.320.